The minimum absolute atomic E-state index is 0.0312. The quantitative estimate of drug-likeness (QED) is 0.508. The summed E-state index contributed by atoms with van der Waals surface area (Å²) >= 11 is 0. The minimum atomic E-state index is -0.440. The standard InChI is InChI=1S/C17H16N4O3/c1-2-20(14-6-4-3-5-7-14)12-16-18-17(19-24-16)13-8-10-15(11-9-13)21(22)23/h3-11H,2,12H2,1H3. The Morgan fingerprint density at radius 2 is 1.83 bits per heavy atom. The second kappa shape index (κ2) is 6.91. The van der Waals surface area contributed by atoms with E-state index in [1.807, 2.05) is 30.3 Å². The highest BCUT2D eigenvalue weighted by Gasteiger charge is 2.13. The van der Waals surface area contributed by atoms with Crippen LogP contribution in [0, 0.1) is 10.1 Å². The summed E-state index contributed by atoms with van der Waals surface area (Å²) in [5.41, 5.74) is 1.79. The van der Waals surface area contributed by atoms with Gasteiger partial charge < -0.3 is 9.42 Å². The Labute approximate surface area is 138 Å². The number of non-ortho nitro benzene ring substituents is 1. The molecular formula is C17H16N4O3. The average molecular weight is 324 g/mol. The SMILES string of the molecule is CCN(Cc1nc(-c2ccc([N+](=O)[O-])cc2)no1)c1ccccc1. The summed E-state index contributed by atoms with van der Waals surface area (Å²) in [5, 5.41) is 14.7. The topological polar surface area (TPSA) is 85.3 Å². The number of para-hydroxylation sites is 1. The van der Waals surface area contributed by atoms with E-state index in [9.17, 15) is 10.1 Å². The minimum Gasteiger partial charge on any atom is -0.362 e. The lowest BCUT2D eigenvalue weighted by molar-refractivity contribution is -0.384. The normalized spacial score (nSPS) is 10.5. The molecule has 0 aliphatic heterocycles. The lowest BCUT2D eigenvalue weighted by Gasteiger charge is -2.20. The van der Waals surface area contributed by atoms with Crippen molar-refractivity contribution >= 4 is 11.4 Å². The van der Waals surface area contributed by atoms with E-state index in [0.717, 1.165) is 12.2 Å². The van der Waals surface area contributed by atoms with Crippen molar-refractivity contribution in [2.45, 2.75) is 13.5 Å². The molecule has 0 radical (unpaired) electrons. The zero-order chi connectivity index (χ0) is 16.9. The molecule has 7 heteroatoms. The monoisotopic (exact) mass is 324 g/mol. The summed E-state index contributed by atoms with van der Waals surface area (Å²) in [5.74, 6) is 0.915. The summed E-state index contributed by atoms with van der Waals surface area (Å²) < 4.78 is 5.31. The van der Waals surface area contributed by atoms with Crippen molar-refractivity contribution < 1.29 is 9.45 Å². The number of aromatic nitrogens is 2. The van der Waals surface area contributed by atoms with E-state index < -0.39 is 4.92 Å². The first kappa shape index (κ1) is 15.7. The van der Waals surface area contributed by atoms with Gasteiger partial charge in [0.15, 0.2) is 0 Å². The van der Waals surface area contributed by atoms with Gasteiger partial charge in [-0.2, -0.15) is 4.98 Å². The molecule has 1 aromatic heterocycles. The Morgan fingerprint density at radius 1 is 1.12 bits per heavy atom. The zero-order valence-corrected chi connectivity index (χ0v) is 13.1. The second-order valence-electron chi connectivity index (χ2n) is 5.17. The van der Waals surface area contributed by atoms with Gasteiger partial charge in [0.1, 0.15) is 0 Å². The highest BCUT2D eigenvalue weighted by Crippen LogP contribution is 2.21. The Balaban J connectivity index is 1.76. The van der Waals surface area contributed by atoms with Crippen LogP contribution in [-0.2, 0) is 6.54 Å². The molecule has 0 fully saturated rings. The largest absolute Gasteiger partial charge is 0.362 e. The van der Waals surface area contributed by atoms with Gasteiger partial charge in [-0.1, -0.05) is 23.4 Å². The molecule has 0 bridgehead atoms. The van der Waals surface area contributed by atoms with Crippen LogP contribution in [0.4, 0.5) is 11.4 Å². The van der Waals surface area contributed by atoms with Gasteiger partial charge in [0.05, 0.1) is 11.5 Å². The number of hydrogen-bond acceptors (Lipinski definition) is 6. The van der Waals surface area contributed by atoms with Crippen LogP contribution in [0.1, 0.15) is 12.8 Å². The van der Waals surface area contributed by atoms with Crippen LogP contribution in [0.2, 0.25) is 0 Å². The first-order chi connectivity index (χ1) is 11.7. The highest BCUT2D eigenvalue weighted by molar-refractivity contribution is 5.56. The predicted molar refractivity (Wildman–Crippen MR) is 89.6 cm³/mol. The maximum atomic E-state index is 10.7. The van der Waals surface area contributed by atoms with Crippen LogP contribution >= 0.6 is 0 Å². The lowest BCUT2D eigenvalue weighted by atomic mass is 10.2. The Morgan fingerprint density at radius 3 is 2.46 bits per heavy atom. The van der Waals surface area contributed by atoms with Crippen LogP contribution in [0.25, 0.3) is 11.4 Å². The van der Waals surface area contributed by atoms with Crippen LogP contribution < -0.4 is 4.90 Å². The van der Waals surface area contributed by atoms with Gasteiger partial charge in [0.2, 0.25) is 11.7 Å². The smallest absolute Gasteiger partial charge is 0.269 e. The first-order valence-corrected chi connectivity index (χ1v) is 7.55. The molecule has 0 N–H and O–H groups in total. The number of benzene rings is 2. The molecule has 0 saturated carbocycles. The molecule has 0 saturated heterocycles. The number of hydrogen-bond donors (Lipinski definition) is 0. The van der Waals surface area contributed by atoms with Crippen molar-refractivity contribution in [1.29, 1.82) is 0 Å². The molecule has 0 aliphatic rings. The van der Waals surface area contributed by atoms with E-state index in [1.165, 1.54) is 12.1 Å². The van der Waals surface area contributed by atoms with Crippen LogP contribution in [0.5, 0.6) is 0 Å². The summed E-state index contributed by atoms with van der Waals surface area (Å²) in [6, 6.07) is 16.1. The van der Waals surface area contributed by atoms with Gasteiger partial charge in [-0.3, -0.25) is 10.1 Å². The Hall–Kier alpha value is -3.22. The molecule has 0 aliphatic carbocycles. The Bertz CT molecular complexity index is 815. The third-order valence-corrected chi connectivity index (χ3v) is 3.63. The molecule has 3 rings (SSSR count). The van der Waals surface area contributed by atoms with Crippen molar-refractivity contribution in [3.8, 4) is 11.4 Å². The molecular weight excluding hydrogens is 308 g/mol. The third kappa shape index (κ3) is 3.40. The predicted octanol–water partition coefficient (Wildman–Crippen LogP) is 3.67. The van der Waals surface area contributed by atoms with E-state index in [0.29, 0.717) is 23.8 Å². The van der Waals surface area contributed by atoms with Crippen molar-refractivity contribution in [2.24, 2.45) is 0 Å². The van der Waals surface area contributed by atoms with Crippen LogP contribution in [-0.4, -0.2) is 21.6 Å². The third-order valence-electron chi connectivity index (χ3n) is 3.63. The molecule has 0 unspecified atom stereocenters. The van der Waals surface area contributed by atoms with Crippen LogP contribution in [0.15, 0.2) is 59.1 Å². The van der Waals surface area contributed by atoms with Gasteiger partial charge in [0.25, 0.3) is 5.69 Å². The maximum Gasteiger partial charge on any atom is 0.269 e. The molecule has 0 atom stereocenters. The number of nitro groups is 1. The van der Waals surface area contributed by atoms with Gasteiger partial charge in [-0.25, -0.2) is 0 Å². The molecule has 7 nitrogen and oxygen atoms in total. The molecule has 3 aromatic rings. The van der Waals surface area contributed by atoms with Crippen molar-refractivity contribution in [3.05, 3.63) is 70.6 Å². The zero-order valence-electron chi connectivity index (χ0n) is 13.1. The van der Waals surface area contributed by atoms with E-state index in [4.69, 9.17) is 4.52 Å². The maximum absolute atomic E-state index is 10.7. The van der Waals surface area contributed by atoms with Crippen molar-refractivity contribution in [3.63, 3.8) is 0 Å². The van der Waals surface area contributed by atoms with Gasteiger partial charge >= 0.3 is 0 Å². The molecule has 0 spiro atoms. The van der Waals surface area contributed by atoms with Gasteiger partial charge in [0, 0.05) is 29.9 Å². The summed E-state index contributed by atoms with van der Waals surface area (Å²) in [4.78, 5) is 16.7. The average Bonchev–Trinajstić information content (AvgIpc) is 3.09. The Kier molecular flexibility index (Phi) is 4.51. The van der Waals surface area contributed by atoms with E-state index >= 15 is 0 Å². The lowest BCUT2D eigenvalue weighted by Crippen LogP contribution is -2.22. The number of rotatable bonds is 6. The molecule has 0 amide bonds. The van der Waals surface area contributed by atoms with Crippen LogP contribution in [0.3, 0.4) is 0 Å². The molecule has 2 aromatic carbocycles. The molecule has 24 heavy (non-hydrogen) atoms. The highest BCUT2D eigenvalue weighted by atomic mass is 16.6. The summed E-state index contributed by atoms with van der Waals surface area (Å²) in [7, 11) is 0. The molecule has 122 valence electrons. The fourth-order valence-electron chi connectivity index (χ4n) is 2.36. The summed E-state index contributed by atoms with van der Waals surface area (Å²) in [6.07, 6.45) is 0. The fraction of sp³-hybridized carbons (Fsp3) is 0.176. The first-order valence-electron chi connectivity index (χ1n) is 7.55. The van der Waals surface area contributed by atoms with E-state index in [2.05, 4.69) is 22.0 Å². The number of anilines is 1. The molecule has 1 heterocycles. The van der Waals surface area contributed by atoms with E-state index in [1.54, 1.807) is 12.1 Å². The van der Waals surface area contributed by atoms with Crippen molar-refractivity contribution in [1.82, 2.24) is 10.1 Å². The fourth-order valence-corrected chi connectivity index (χ4v) is 2.36. The van der Waals surface area contributed by atoms with E-state index in [-0.39, 0.29) is 5.69 Å². The number of nitrogens with zero attached hydrogens (tertiary/aromatic N) is 4. The van der Waals surface area contributed by atoms with Gasteiger partial charge in [-0.05, 0) is 31.2 Å². The van der Waals surface area contributed by atoms with Crippen molar-refractivity contribution in [2.75, 3.05) is 11.4 Å². The second-order valence-corrected chi connectivity index (χ2v) is 5.17. The van der Waals surface area contributed by atoms with Gasteiger partial charge in [-0.15, -0.1) is 0 Å². The number of nitro benzene ring substituents is 1. The summed E-state index contributed by atoms with van der Waals surface area (Å²) in [6.45, 7) is 3.36.